The molecule has 0 unspecified atom stereocenters. The van der Waals surface area contributed by atoms with Gasteiger partial charge in [0, 0.05) is 23.3 Å². The van der Waals surface area contributed by atoms with E-state index in [0.29, 0.717) is 11.0 Å². The second-order valence-corrected chi connectivity index (χ2v) is 9.78. The molecule has 3 heterocycles. The van der Waals surface area contributed by atoms with Gasteiger partial charge in [-0.1, -0.05) is 44.2 Å². The lowest BCUT2D eigenvalue weighted by molar-refractivity contribution is 0.471. The Morgan fingerprint density at radius 2 is 1.69 bits per heavy atom. The van der Waals surface area contributed by atoms with Gasteiger partial charge in [-0.25, -0.2) is 0 Å². The molecule has 0 bridgehead atoms. The Morgan fingerprint density at radius 1 is 0.971 bits per heavy atom. The van der Waals surface area contributed by atoms with Gasteiger partial charge in [0.05, 0.1) is 23.5 Å². The molecule has 5 rings (SSSR count). The van der Waals surface area contributed by atoms with E-state index < -0.39 is 0 Å². The molecule has 178 valence electrons. The highest BCUT2D eigenvalue weighted by Crippen LogP contribution is 2.44. The van der Waals surface area contributed by atoms with Gasteiger partial charge in [0.15, 0.2) is 5.11 Å². The van der Waals surface area contributed by atoms with Gasteiger partial charge in [-0.2, -0.15) is 0 Å². The number of nitrogens with one attached hydrogen (secondary N) is 1. The van der Waals surface area contributed by atoms with Gasteiger partial charge in [-0.05, 0) is 85.6 Å². The van der Waals surface area contributed by atoms with Crippen molar-refractivity contribution in [2.45, 2.75) is 45.7 Å². The Morgan fingerprint density at radius 3 is 2.34 bits per heavy atom. The summed E-state index contributed by atoms with van der Waals surface area (Å²) in [6, 6.07) is 24.1. The van der Waals surface area contributed by atoms with Crippen LogP contribution in [0.5, 0.6) is 5.75 Å². The molecule has 5 nitrogen and oxygen atoms in total. The standard InChI is InChI=1S/C29H30N4OS/c1-18(2)21-12-14-22(15-13-21)33-28(27(31-29(33)35)24-9-7-8-16-30-24)23-17-19(3)32(20(23)4)25-10-5-6-11-26(25)34/h5-18,27-28,34H,1-4H3,(H,31,35)/t27-,28+/m1/s1. The molecule has 0 spiro atoms. The number of thiocarbonyl (C=S) groups is 1. The highest BCUT2D eigenvalue weighted by atomic mass is 32.1. The first-order valence-electron chi connectivity index (χ1n) is 11.9. The fourth-order valence-corrected chi connectivity index (χ4v) is 5.43. The molecule has 2 N–H and O–H groups in total. The number of phenols is 1. The van der Waals surface area contributed by atoms with Crippen molar-refractivity contribution in [1.82, 2.24) is 14.9 Å². The summed E-state index contributed by atoms with van der Waals surface area (Å²) in [7, 11) is 0. The van der Waals surface area contributed by atoms with Crippen molar-refractivity contribution in [3.05, 3.63) is 107 Å². The topological polar surface area (TPSA) is 53.3 Å². The van der Waals surface area contributed by atoms with Crippen molar-refractivity contribution >= 4 is 23.0 Å². The first-order chi connectivity index (χ1) is 16.9. The summed E-state index contributed by atoms with van der Waals surface area (Å²) in [6.45, 7) is 8.57. The number of aryl methyl sites for hydroxylation is 1. The van der Waals surface area contributed by atoms with Crippen LogP contribution in [0.4, 0.5) is 5.69 Å². The fraction of sp³-hybridized carbons (Fsp3) is 0.241. The summed E-state index contributed by atoms with van der Waals surface area (Å²) >= 11 is 5.90. The molecule has 2 atom stereocenters. The van der Waals surface area contributed by atoms with Crippen LogP contribution in [0.3, 0.4) is 0 Å². The zero-order chi connectivity index (χ0) is 24.7. The highest BCUT2D eigenvalue weighted by molar-refractivity contribution is 7.80. The number of anilines is 1. The first kappa shape index (κ1) is 23.1. The lowest BCUT2D eigenvalue weighted by Gasteiger charge is -2.28. The number of rotatable bonds is 5. The minimum absolute atomic E-state index is 0.104. The van der Waals surface area contributed by atoms with Crippen LogP contribution in [-0.2, 0) is 0 Å². The average molecular weight is 483 g/mol. The maximum absolute atomic E-state index is 10.6. The Bertz CT molecular complexity index is 1360. The number of phenolic OH excluding ortho intramolecular Hbond substituents is 1. The summed E-state index contributed by atoms with van der Waals surface area (Å²) in [4.78, 5) is 6.88. The van der Waals surface area contributed by atoms with Crippen LogP contribution in [0.15, 0.2) is 79.0 Å². The maximum atomic E-state index is 10.6. The molecule has 6 heteroatoms. The molecule has 35 heavy (non-hydrogen) atoms. The van der Waals surface area contributed by atoms with Crippen molar-refractivity contribution in [2.75, 3.05) is 4.90 Å². The zero-order valence-corrected chi connectivity index (χ0v) is 21.3. The number of hydrogen-bond donors (Lipinski definition) is 2. The van der Waals surface area contributed by atoms with Crippen LogP contribution in [0.2, 0.25) is 0 Å². The first-order valence-corrected chi connectivity index (χ1v) is 12.4. The number of nitrogens with zero attached hydrogens (tertiary/aromatic N) is 3. The van der Waals surface area contributed by atoms with Gasteiger partial charge in [0.1, 0.15) is 5.75 Å². The largest absolute Gasteiger partial charge is 0.506 e. The van der Waals surface area contributed by atoms with Gasteiger partial charge in [-0.3, -0.25) is 4.98 Å². The van der Waals surface area contributed by atoms with Crippen LogP contribution in [0.1, 0.15) is 60.1 Å². The molecular formula is C29H30N4OS. The van der Waals surface area contributed by atoms with Crippen LogP contribution in [-0.4, -0.2) is 19.8 Å². The molecule has 0 radical (unpaired) electrons. The number of para-hydroxylation sites is 2. The second-order valence-electron chi connectivity index (χ2n) is 9.39. The third-order valence-electron chi connectivity index (χ3n) is 6.85. The zero-order valence-electron chi connectivity index (χ0n) is 20.4. The lowest BCUT2D eigenvalue weighted by atomic mass is 9.96. The van der Waals surface area contributed by atoms with Gasteiger partial charge < -0.3 is 19.9 Å². The van der Waals surface area contributed by atoms with Crippen molar-refractivity contribution in [1.29, 1.82) is 0 Å². The average Bonchev–Trinajstić information content (AvgIpc) is 3.35. The molecule has 1 aliphatic heterocycles. The van der Waals surface area contributed by atoms with Gasteiger partial charge >= 0.3 is 0 Å². The maximum Gasteiger partial charge on any atom is 0.174 e. The van der Waals surface area contributed by atoms with Gasteiger partial charge in [0.2, 0.25) is 0 Å². The van der Waals surface area contributed by atoms with Crippen molar-refractivity contribution in [2.24, 2.45) is 0 Å². The van der Waals surface area contributed by atoms with Crippen LogP contribution >= 0.6 is 12.2 Å². The molecule has 1 aliphatic rings. The predicted molar refractivity (Wildman–Crippen MR) is 145 cm³/mol. The lowest BCUT2D eigenvalue weighted by Crippen LogP contribution is -2.29. The Hall–Kier alpha value is -3.64. The van der Waals surface area contributed by atoms with Crippen molar-refractivity contribution < 1.29 is 5.11 Å². The summed E-state index contributed by atoms with van der Waals surface area (Å²) in [5.41, 5.74) is 7.29. The third-order valence-corrected chi connectivity index (χ3v) is 7.16. The van der Waals surface area contributed by atoms with Gasteiger partial charge in [-0.15, -0.1) is 0 Å². The monoisotopic (exact) mass is 482 g/mol. The molecule has 2 aromatic heterocycles. The number of hydrogen-bond acceptors (Lipinski definition) is 3. The number of aromatic hydroxyl groups is 1. The highest BCUT2D eigenvalue weighted by Gasteiger charge is 2.42. The molecule has 1 saturated heterocycles. The van der Waals surface area contributed by atoms with E-state index in [1.165, 1.54) is 5.56 Å². The van der Waals surface area contributed by atoms with Crippen molar-refractivity contribution in [3.63, 3.8) is 0 Å². The Kier molecular flexibility index (Phi) is 6.07. The van der Waals surface area contributed by atoms with Crippen LogP contribution in [0.25, 0.3) is 5.69 Å². The normalized spacial score (nSPS) is 17.7. The van der Waals surface area contributed by atoms with E-state index in [1.54, 1.807) is 6.07 Å². The third kappa shape index (κ3) is 4.08. The number of benzene rings is 2. The molecule has 1 fully saturated rings. The summed E-state index contributed by atoms with van der Waals surface area (Å²) in [5.74, 6) is 0.713. The van der Waals surface area contributed by atoms with E-state index in [9.17, 15) is 5.11 Å². The van der Waals surface area contributed by atoms with Gasteiger partial charge in [0.25, 0.3) is 0 Å². The van der Waals surface area contributed by atoms with Crippen LogP contribution in [0, 0.1) is 13.8 Å². The smallest absolute Gasteiger partial charge is 0.174 e. The van der Waals surface area contributed by atoms with E-state index in [4.69, 9.17) is 12.2 Å². The van der Waals surface area contributed by atoms with E-state index in [0.717, 1.165) is 34.0 Å². The fourth-order valence-electron chi connectivity index (χ4n) is 5.08. The minimum atomic E-state index is -0.119. The van der Waals surface area contributed by atoms with Crippen LogP contribution < -0.4 is 10.2 Å². The van der Waals surface area contributed by atoms with E-state index in [1.807, 2.05) is 42.6 Å². The second kappa shape index (κ2) is 9.19. The molecule has 2 aromatic carbocycles. The molecule has 4 aromatic rings. The summed E-state index contributed by atoms with van der Waals surface area (Å²) < 4.78 is 2.11. The Balaban J connectivity index is 1.67. The molecule has 0 amide bonds. The predicted octanol–water partition coefficient (Wildman–Crippen LogP) is 6.50. The molecular weight excluding hydrogens is 452 g/mol. The van der Waals surface area contributed by atoms with E-state index >= 15 is 0 Å². The quantitative estimate of drug-likeness (QED) is 0.318. The SMILES string of the molecule is Cc1cc([C@H]2[C@@H](c3ccccn3)NC(=S)N2c2ccc(C(C)C)cc2)c(C)n1-c1ccccc1O. The van der Waals surface area contributed by atoms with Crippen molar-refractivity contribution in [3.8, 4) is 11.4 Å². The number of aromatic nitrogens is 2. The molecule has 0 aliphatic carbocycles. The minimum Gasteiger partial charge on any atom is -0.506 e. The summed E-state index contributed by atoms with van der Waals surface area (Å²) in [6.07, 6.45) is 1.82. The number of pyridine rings is 1. The van der Waals surface area contributed by atoms with E-state index in [2.05, 4.69) is 77.8 Å². The summed E-state index contributed by atoms with van der Waals surface area (Å²) in [5, 5.41) is 14.8. The van der Waals surface area contributed by atoms with E-state index in [-0.39, 0.29) is 17.8 Å². The molecule has 0 saturated carbocycles. The Labute approximate surface area is 212 Å².